The Labute approximate surface area is 146 Å². The standard InChI is InChI=1S/C17H23N7O/c1-10(2)24-9-13(8-18)16(22-24)19-17(25)23-7-5-6-14(23)15-11(3)20-21-12(15)4/h9-10,14H,5-7H2,1-4H3,(H,20,21)(H,19,22,25)/t14-/m1/s1. The van der Waals surface area contributed by atoms with E-state index >= 15 is 0 Å². The largest absolute Gasteiger partial charge is 0.323 e. The van der Waals surface area contributed by atoms with E-state index in [0.717, 1.165) is 29.8 Å². The first kappa shape index (κ1) is 17.0. The highest BCUT2D eigenvalue weighted by atomic mass is 16.2. The molecule has 0 aromatic carbocycles. The molecule has 132 valence electrons. The maximum atomic E-state index is 12.8. The van der Waals surface area contributed by atoms with Crippen molar-refractivity contribution in [3.05, 3.63) is 28.7 Å². The van der Waals surface area contributed by atoms with Crippen molar-refractivity contribution in [3.63, 3.8) is 0 Å². The Bertz CT molecular complexity index is 807. The number of carbonyl (C=O) groups is 1. The number of aromatic amines is 1. The van der Waals surface area contributed by atoms with E-state index in [1.165, 1.54) is 0 Å². The van der Waals surface area contributed by atoms with Gasteiger partial charge in [0.25, 0.3) is 0 Å². The number of nitrogens with zero attached hydrogens (tertiary/aromatic N) is 5. The fourth-order valence-electron chi connectivity index (χ4n) is 3.36. The SMILES string of the molecule is Cc1n[nH]c(C)c1[C@H]1CCCN1C(=O)Nc1nn(C(C)C)cc1C#N. The fourth-order valence-corrected chi connectivity index (χ4v) is 3.36. The summed E-state index contributed by atoms with van der Waals surface area (Å²) in [5.41, 5.74) is 3.36. The Hall–Kier alpha value is -2.82. The highest BCUT2D eigenvalue weighted by Crippen LogP contribution is 2.35. The predicted molar refractivity (Wildman–Crippen MR) is 93.1 cm³/mol. The molecule has 25 heavy (non-hydrogen) atoms. The van der Waals surface area contributed by atoms with Gasteiger partial charge in [-0.1, -0.05) is 0 Å². The Morgan fingerprint density at radius 3 is 2.84 bits per heavy atom. The summed E-state index contributed by atoms with van der Waals surface area (Å²) in [7, 11) is 0. The number of hydrogen-bond acceptors (Lipinski definition) is 4. The number of carbonyl (C=O) groups excluding carboxylic acids is 1. The first-order chi connectivity index (χ1) is 11.9. The van der Waals surface area contributed by atoms with E-state index < -0.39 is 0 Å². The summed E-state index contributed by atoms with van der Waals surface area (Å²) < 4.78 is 1.68. The summed E-state index contributed by atoms with van der Waals surface area (Å²) in [5, 5.41) is 23.7. The number of hydrogen-bond donors (Lipinski definition) is 2. The monoisotopic (exact) mass is 341 g/mol. The lowest BCUT2D eigenvalue weighted by molar-refractivity contribution is 0.206. The van der Waals surface area contributed by atoms with Crippen molar-refractivity contribution >= 4 is 11.8 Å². The van der Waals surface area contributed by atoms with Crippen molar-refractivity contribution in [1.29, 1.82) is 5.26 Å². The summed E-state index contributed by atoms with van der Waals surface area (Å²) in [6, 6.07) is 1.98. The number of urea groups is 1. The molecule has 3 heterocycles. The van der Waals surface area contributed by atoms with Gasteiger partial charge in [-0.25, -0.2) is 4.79 Å². The number of anilines is 1. The summed E-state index contributed by atoms with van der Waals surface area (Å²) in [6.45, 7) is 8.54. The van der Waals surface area contributed by atoms with Crippen LogP contribution < -0.4 is 5.32 Å². The molecular formula is C17H23N7O. The first-order valence-electron chi connectivity index (χ1n) is 8.50. The van der Waals surface area contributed by atoms with Gasteiger partial charge in [0.15, 0.2) is 5.82 Å². The van der Waals surface area contributed by atoms with Gasteiger partial charge in [-0.3, -0.25) is 15.1 Å². The normalized spacial score (nSPS) is 17.1. The minimum Gasteiger partial charge on any atom is -0.317 e. The van der Waals surface area contributed by atoms with E-state index in [4.69, 9.17) is 0 Å². The van der Waals surface area contributed by atoms with Gasteiger partial charge >= 0.3 is 6.03 Å². The summed E-state index contributed by atoms with van der Waals surface area (Å²) in [6.07, 6.45) is 3.50. The maximum absolute atomic E-state index is 12.8. The molecule has 0 bridgehead atoms. The lowest BCUT2D eigenvalue weighted by Gasteiger charge is -2.25. The second-order valence-electron chi connectivity index (χ2n) is 6.71. The Morgan fingerprint density at radius 2 is 2.24 bits per heavy atom. The second kappa shape index (κ2) is 6.59. The van der Waals surface area contributed by atoms with Crippen LogP contribution in [-0.2, 0) is 0 Å². The molecule has 0 spiro atoms. The van der Waals surface area contributed by atoms with Crippen LogP contribution >= 0.6 is 0 Å². The molecule has 1 aliphatic rings. The van der Waals surface area contributed by atoms with E-state index in [9.17, 15) is 10.1 Å². The molecule has 0 radical (unpaired) electrons. The molecule has 0 unspecified atom stereocenters. The molecule has 1 fully saturated rings. The number of aromatic nitrogens is 4. The zero-order valence-electron chi connectivity index (χ0n) is 15.0. The van der Waals surface area contributed by atoms with Crippen LogP contribution in [0.3, 0.4) is 0 Å². The number of amides is 2. The first-order valence-corrected chi connectivity index (χ1v) is 8.50. The Morgan fingerprint density at radius 1 is 1.48 bits per heavy atom. The number of nitriles is 1. The van der Waals surface area contributed by atoms with E-state index in [-0.39, 0.29) is 18.1 Å². The molecule has 1 saturated heterocycles. The summed E-state index contributed by atoms with van der Waals surface area (Å²) in [4.78, 5) is 14.6. The molecule has 8 nitrogen and oxygen atoms in total. The molecule has 3 rings (SSSR count). The highest BCUT2D eigenvalue weighted by Gasteiger charge is 2.33. The summed E-state index contributed by atoms with van der Waals surface area (Å²) in [5.74, 6) is 0.312. The fraction of sp³-hybridized carbons (Fsp3) is 0.529. The molecule has 2 N–H and O–H groups in total. The third kappa shape index (κ3) is 3.09. The molecule has 1 aliphatic heterocycles. The quantitative estimate of drug-likeness (QED) is 0.895. The minimum atomic E-state index is -0.229. The van der Waals surface area contributed by atoms with Crippen molar-refractivity contribution in [2.24, 2.45) is 0 Å². The van der Waals surface area contributed by atoms with Crippen molar-refractivity contribution in [2.75, 3.05) is 11.9 Å². The summed E-state index contributed by atoms with van der Waals surface area (Å²) >= 11 is 0. The third-order valence-electron chi connectivity index (χ3n) is 4.64. The van der Waals surface area contributed by atoms with Gasteiger partial charge in [-0.05, 0) is 40.5 Å². The zero-order valence-corrected chi connectivity index (χ0v) is 15.0. The lowest BCUT2D eigenvalue weighted by atomic mass is 10.0. The number of H-pyrrole nitrogens is 1. The van der Waals surface area contributed by atoms with Gasteiger partial charge in [0.2, 0.25) is 0 Å². The number of aryl methyl sites for hydroxylation is 2. The van der Waals surface area contributed by atoms with Gasteiger partial charge < -0.3 is 4.90 Å². The van der Waals surface area contributed by atoms with Crippen molar-refractivity contribution in [1.82, 2.24) is 24.9 Å². The van der Waals surface area contributed by atoms with Crippen LogP contribution in [-0.4, -0.2) is 37.5 Å². The zero-order chi connectivity index (χ0) is 18.1. The predicted octanol–water partition coefficient (Wildman–Crippen LogP) is 3.04. The maximum Gasteiger partial charge on any atom is 0.323 e. The highest BCUT2D eigenvalue weighted by molar-refractivity contribution is 5.90. The number of rotatable bonds is 3. The van der Waals surface area contributed by atoms with Gasteiger partial charge in [0, 0.05) is 30.0 Å². The molecule has 2 amide bonds. The topological polar surface area (TPSA) is 103 Å². The van der Waals surface area contributed by atoms with Crippen LogP contribution in [0.4, 0.5) is 10.6 Å². The number of nitrogens with one attached hydrogen (secondary N) is 2. The Balaban J connectivity index is 1.83. The molecule has 0 aliphatic carbocycles. The molecule has 0 saturated carbocycles. The van der Waals surface area contributed by atoms with Crippen LogP contribution in [0.5, 0.6) is 0 Å². The van der Waals surface area contributed by atoms with E-state index in [1.807, 2.05) is 27.7 Å². The van der Waals surface area contributed by atoms with Gasteiger partial charge in [0.1, 0.15) is 11.6 Å². The van der Waals surface area contributed by atoms with E-state index in [1.54, 1.807) is 15.8 Å². The molecule has 2 aromatic rings. The van der Waals surface area contributed by atoms with Gasteiger partial charge in [0.05, 0.1) is 11.7 Å². The lowest BCUT2D eigenvalue weighted by Crippen LogP contribution is -2.35. The van der Waals surface area contributed by atoms with Crippen LogP contribution in [0.15, 0.2) is 6.20 Å². The number of likely N-dealkylation sites (tertiary alicyclic amines) is 1. The van der Waals surface area contributed by atoms with Crippen molar-refractivity contribution in [3.8, 4) is 6.07 Å². The molecule has 2 aromatic heterocycles. The van der Waals surface area contributed by atoms with Crippen LogP contribution in [0.2, 0.25) is 0 Å². The van der Waals surface area contributed by atoms with Crippen molar-refractivity contribution in [2.45, 2.75) is 52.6 Å². The van der Waals surface area contributed by atoms with Crippen molar-refractivity contribution < 1.29 is 4.79 Å². The molecule has 1 atom stereocenters. The van der Waals surface area contributed by atoms with Gasteiger partial charge in [-0.15, -0.1) is 0 Å². The third-order valence-corrected chi connectivity index (χ3v) is 4.64. The smallest absolute Gasteiger partial charge is 0.317 e. The van der Waals surface area contributed by atoms with Crippen LogP contribution in [0.25, 0.3) is 0 Å². The Kier molecular flexibility index (Phi) is 4.49. The molecule has 8 heteroatoms. The van der Waals surface area contributed by atoms with Crippen LogP contribution in [0, 0.1) is 25.2 Å². The molecular weight excluding hydrogens is 318 g/mol. The average molecular weight is 341 g/mol. The van der Waals surface area contributed by atoms with Crippen LogP contribution in [0.1, 0.15) is 61.3 Å². The van der Waals surface area contributed by atoms with Gasteiger partial charge in [-0.2, -0.15) is 15.5 Å². The minimum absolute atomic E-state index is 0.00327. The van der Waals surface area contributed by atoms with E-state index in [2.05, 4.69) is 26.7 Å². The van der Waals surface area contributed by atoms with E-state index in [0.29, 0.717) is 17.9 Å². The average Bonchev–Trinajstić information content (AvgIpc) is 3.26. The second-order valence-corrected chi connectivity index (χ2v) is 6.71.